The molecule has 0 aliphatic heterocycles. The van der Waals surface area contributed by atoms with E-state index in [-0.39, 0.29) is 0 Å². The van der Waals surface area contributed by atoms with Crippen LogP contribution in [0.25, 0.3) is 59.6 Å². The molecule has 1 nitrogen and oxygen atoms in total. The van der Waals surface area contributed by atoms with Crippen molar-refractivity contribution in [1.29, 1.82) is 0 Å². The smallest absolute Gasteiger partial charge is 0.0780 e. The molecule has 0 radical (unpaired) electrons. The number of hydrogen-bond donors (Lipinski definition) is 0. The topological polar surface area (TPSA) is 12.4 Å². The van der Waals surface area contributed by atoms with Gasteiger partial charge in [-0.05, 0) is 39.0 Å². The number of rotatable bonds is 4. The van der Waals surface area contributed by atoms with E-state index in [9.17, 15) is 0 Å². The quantitative estimate of drug-likeness (QED) is 0.221. The van der Waals surface area contributed by atoms with Crippen molar-refractivity contribution in [2.24, 2.45) is 4.99 Å². The molecule has 1 aliphatic carbocycles. The molecule has 0 bridgehead atoms. The summed E-state index contributed by atoms with van der Waals surface area (Å²) in [4.78, 5) is 4.64. The zero-order chi connectivity index (χ0) is 26.3. The van der Waals surface area contributed by atoms with Crippen molar-refractivity contribution in [2.45, 2.75) is 0 Å². The number of thiophene rings is 1. The van der Waals surface area contributed by atoms with Crippen LogP contribution in [-0.4, -0.2) is 5.71 Å². The van der Waals surface area contributed by atoms with Gasteiger partial charge in [-0.1, -0.05) is 135 Å². The summed E-state index contributed by atoms with van der Waals surface area (Å²) in [6.07, 6.45) is 5.76. The van der Waals surface area contributed by atoms with E-state index in [0.717, 1.165) is 28.0 Å². The second-order valence-corrected chi connectivity index (χ2v) is 10.7. The van der Waals surface area contributed by atoms with Crippen LogP contribution in [0.15, 0.2) is 145 Å². The largest absolute Gasteiger partial charge is 0.256 e. The van der Waals surface area contributed by atoms with Gasteiger partial charge in [0.1, 0.15) is 0 Å². The molecule has 0 unspecified atom stereocenters. The first-order valence-electron chi connectivity index (χ1n) is 13.0. The van der Waals surface area contributed by atoms with Gasteiger partial charge in [0, 0.05) is 37.5 Å². The molecule has 39 heavy (non-hydrogen) atoms. The first-order valence-corrected chi connectivity index (χ1v) is 13.8. The van der Waals surface area contributed by atoms with Crippen molar-refractivity contribution in [3.05, 3.63) is 151 Å². The molecular formula is C37H25NS. The Morgan fingerprint density at radius 3 is 1.90 bits per heavy atom. The van der Waals surface area contributed by atoms with Crippen molar-refractivity contribution < 1.29 is 0 Å². The molecule has 0 fully saturated rings. The summed E-state index contributed by atoms with van der Waals surface area (Å²) in [5.74, 6) is 0. The maximum absolute atomic E-state index is 4.64. The lowest BCUT2D eigenvalue weighted by Crippen LogP contribution is -2.10. The first kappa shape index (κ1) is 23.3. The second kappa shape index (κ2) is 9.50. The number of nitrogens with zero attached hydrogens (tertiary/aromatic N) is 1. The fourth-order valence-corrected chi connectivity index (χ4v) is 7.06. The molecule has 0 spiro atoms. The normalized spacial score (nSPS) is 13.7. The third-order valence-electron chi connectivity index (χ3n) is 7.44. The average molecular weight is 516 g/mol. The highest BCUT2D eigenvalue weighted by Crippen LogP contribution is 2.46. The van der Waals surface area contributed by atoms with Crippen LogP contribution in [0.4, 0.5) is 0 Å². The number of allylic oxidation sites excluding steroid dienone is 2. The fraction of sp³-hybridized carbons (Fsp3) is 0. The van der Waals surface area contributed by atoms with Gasteiger partial charge in [0.25, 0.3) is 0 Å². The Morgan fingerprint density at radius 1 is 0.564 bits per heavy atom. The van der Waals surface area contributed by atoms with Gasteiger partial charge in [-0.25, -0.2) is 0 Å². The standard InChI is InChI=1S/C37H25NS/c1-3-38-35-24(2)22-23-26-14-9-18-30(34(26)35)28-15-7-8-16-29(28)31-19-11-21-33-32-20-10-17-27(36(32)39-37(31)33)25-12-5-4-6-13-25/h3-23H,1-2H2. The van der Waals surface area contributed by atoms with Gasteiger partial charge in [0.05, 0.1) is 5.71 Å². The van der Waals surface area contributed by atoms with E-state index < -0.39 is 0 Å². The molecular weight excluding hydrogens is 490 g/mol. The van der Waals surface area contributed by atoms with Crippen LogP contribution >= 0.6 is 11.3 Å². The van der Waals surface area contributed by atoms with Gasteiger partial charge in [0.15, 0.2) is 0 Å². The van der Waals surface area contributed by atoms with Crippen LogP contribution in [0.2, 0.25) is 0 Å². The summed E-state index contributed by atoms with van der Waals surface area (Å²) in [5, 5.41) is 2.59. The third-order valence-corrected chi connectivity index (χ3v) is 8.73. The van der Waals surface area contributed by atoms with Crippen molar-refractivity contribution >= 4 is 43.3 Å². The predicted molar refractivity (Wildman–Crippen MR) is 171 cm³/mol. The van der Waals surface area contributed by atoms with Gasteiger partial charge in [-0.15, -0.1) is 11.3 Å². The minimum absolute atomic E-state index is 0.875. The summed E-state index contributed by atoms with van der Waals surface area (Å²) < 4.78 is 2.62. The minimum Gasteiger partial charge on any atom is -0.256 e. The number of hydrogen-bond acceptors (Lipinski definition) is 2. The summed E-state index contributed by atoms with van der Waals surface area (Å²) in [6, 6.07) is 39.2. The molecule has 6 aromatic rings. The first-order chi connectivity index (χ1) is 19.2. The van der Waals surface area contributed by atoms with Crippen molar-refractivity contribution in [2.75, 3.05) is 0 Å². The van der Waals surface area contributed by atoms with Gasteiger partial charge < -0.3 is 0 Å². The zero-order valence-electron chi connectivity index (χ0n) is 21.4. The lowest BCUT2D eigenvalue weighted by Gasteiger charge is -2.21. The number of aliphatic imine (C=N–C) groups is 1. The summed E-state index contributed by atoms with van der Waals surface area (Å²) in [7, 11) is 0. The molecule has 0 N–H and O–H groups in total. The minimum atomic E-state index is 0.875. The molecule has 0 amide bonds. The highest BCUT2D eigenvalue weighted by Gasteiger charge is 2.22. The van der Waals surface area contributed by atoms with Crippen LogP contribution in [0, 0.1) is 0 Å². The molecule has 7 rings (SSSR count). The Morgan fingerprint density at radius 2 is 1.15 bits per heavy atom. The lowest BCUT2D eigenvalue weighted by molar-refractivity contribution is 1.48. The van der Waals surface area contributed by atoms with Gasteiger partial charge in [-0.2, -0.15) is 0 Å². The summed E-state index contributed by atoms with van der Waals surface area (Å²) in [6.45, 7) is 8.13. The molecule has 1 aliphatic rings. The van der Waals surface area contributed by atoms with Crippen LogP contribution < -0.4 is 0 Å². The molecule has 5 aromatic carbocycles. The van der Waals surface area contributed by atoms with Crippen LogP contribution in [-0.2, 0) is 0 Å². The molecule has 0 atom stereocenters. The Balaban J connectivity index is 1.50. The van der Waals surface area contributed by atoms with Gasteiger partial charge in [0.2, 0.25) is 0 Å². The van der Waals surface area contributed by atoms with E-state index >= 15 is 0 Å². The van der Waals surface area contributed by atoms with E-state index in [0.29, 0.717) is 0 Å². The fourth-order valence-electron chi connectivity index (χ4n) is 5.70. The molecule has 0 saturated carbocycles. The lowest BCUT2D eigenvalue weighted by atomic mass is 9.84. The number of benzene rings is 5. The highest BCUT2D eigenvalue weighted by molar-refractivity contribution is 7.26. The van der Waals surface area contributed by atoms with Crippen molar-refractivity contribution in [1.82, 2.24) is 0 Å². The van der Waals surface area contributed by atoms with Crippen LogP contribution in [0.3, 0.4) is 0 Å². The zero-order valence-corrected chi connectivity index (χ0v) is 22.2. The van der Waals surface area contributed by atoms with Gasteiger partial charge in [-0.3, -0.25) is 4.99 Å². The molecule has 2 heteroatoms. The SMILES string of the molecule is C=CN=C1C(=C)C=Cc2cccc(-c3ccccc3-c3cccc4c3sc3c(-c5ccccc5)cccc34)c21. The van der Waals surface area contributed by atoms with E-state index in [4.69, 9.17) is 0 Å². The number of fused-ring (bicyclic) bond motifs is 4. The van der Waals surface area contributed by atoms with Crippen molar-refractivity contribution in [3.63, 3.8) is 0 Å². The summed E-state index contributed by atoms with van der Waals surface area (Å²) in [5.41, 5.74) is 11.3. The maximum Gasteiger partial charge on any atom is 0.0780 e. The van der Waals surface area contributed by atoms with Crippen LogP contribution in [0.1, 0.15) is 11.1 Å². The van der Waals surface area contributed by atoms with E-state index in [1.54, 1.807) is 6.20 Å². The van der Waals surface area contributed by atoms with E-state index in [1.807, 2.05) is 17.4 Å². The second-order valence-electron chi connectivity index (χ2n) is 9.67. The monoisotopic (exact) mass is 515 g/mol. The molecule has 1 heterocycles. The van der Waals surface area contributed by atoms with E-state index in [1.165, 1.54) is 48.0 Å². The third kappa shape index (κ3) is 3.80. The summed E-state index contributed by atoms with van der Waals surface area (Å²) >= 11 is 1.88. The Bertz CT molecular complexity index is 1990. The van der Waals surface area contributed by atoms with E-state index in [2.05, 4.69) is 133 Å². The Kier molecular flexibility index (Phi) is 5.69. The highest BCUT2D eigenvalue weighted by atomic mass is 32.1. The Labute approximate surface area is 232 Å². The van der Waals surface area contributed by atoms with Gasteiger partial charge >= 0.3 is 0 Å². The van der Waals surface area contributed by atoms with Crippen molar-refractivity contribution in [3.8, 4) is 33.4 Å². The molecule has 0 saturated heterocycles. The molecule has 184 valence electrons. The predicted octanol–water partition coefficient (Wildman–Crippen LogP) is 10.6. The Hall–Kier alpha value is -4.79. The van der Waals surface area contributed by atoms with Crippen LogP contribution in [0.5, 0.6) is 0 Å². The molecule has 1 aromatic heterocycles. The average Bonchev–Trinajstić information content (AvgIpc) is 3.38. The maximum atomic E-state index is 4.64.